The number of esters is 1. The van der Waals surface area contributed by atoms with E-state index in [0.29, 0.717) is 13.1 Å². The predicted octanol–water partition coefficient (Wildman–Crippen LogP) is 1.59. The van der Waals surface area contributed by atoms with Crippen molar-refractivity contribution >= 4 is 5.97 Å². The van der Waals surface area contributed by atoms with E-state index in [4.69, 9.17) is 9.47 Å². The summed E-state index contributed by atoms with van der Waals surface area (Å²) in [6, 6.07) is 6.00. The Balaban J connectivity index is 2.03. The molecule has 0 unspecified atom stereocenters. The van der Waals surface area contributed by atoms with Crippen molar-refractivity contribution in [1.29, 1.82) is 0 Å². The Bertz CT molecular complexity index is 445. The molecule has 18 heavy (non-hydrogen) atoms. The van der Waals surface area contributed by atoms with Crippen LogP contribution in [0.15, 0.2) is 18.2 Å². The van der Waals surface area contributed by atoms with Gasteiger partial charge in [-0.2, -0.15) is 0 Å². The normalized spacial score (nSPS) is 22.8. The molecular weight excluding hydrogens is 230 g/mol. The first kappa shape index (κ1) is 12.9. The zero-order valence-corrected chi connectivity index (χ0v) is 11.0. The molecule has 1 heterocycles. The standard InChI is InChI=1S/C14H19NO3/c1-9-4-5-12(6-10(9)2)18-14-8-15-7-13(14)17-11(3)16/h4-6,13-15H,7-8H2,1-3H3/t13-,14-/m0/s1. The average Bonchev–Trinajstić information content (AvgIpc) is 2.70. The summed E-state index contributed by atoms with van der Waals surface area (Å²) in [6.07, 6.45) is -0.319. The molecule has 1 aromatic carbocycles. The van der Waals surface area contributed by atoms with Gasteiger partial charge in [0.25, 0.3) is 0 Å². The van der Waals surface area contributed by atoms with Gasteiger partial charge in [-0.1, -0.05) is 6.07 Å². The number of benzene rings is 1. The molecule has 1 saturated heterocycles. The maximum absolute atomic E-state index is 11.0. The van der Waals surface area contributed by atoms with Gasteiger partial charge in [0, 0.05) is 20.0 Å². The molecule has 98 valence electrons. The fourth-order valence-electron chi connectivity index (χ4n) is 2.04. The topological polar surface area (TPSA) is 47.6 Å². The maximum atomic E-state index is 11.0. The van der Waals surface area contributed by atoms with Crippen molar-refractivity contribution in [3.8, 4) is 5.75 Å². The molecule has 0 saturated carbocycles. The van der Waals surface area contributed by atoms with E-state index in [0.717, 1.165) is 5.75 Å². The van der Waals surface area contributed by atoms with Crippen molar-refractivity contribution in [2.24, 2.45) is 0 Å². The lowest BCUT2D eigenvalue weighted by Crippen LogP contribution is -2.33. The third-order valence-electron chi connectivity index (χ3n) is 3.19. The predicted molar refractivity (Wildman–Crippen MR) is 68.8 cm³/mol. The van der Waals surface area contributed by atoms with Gasteiger partial charge in [-0.25, -0.2) is 0 Å². The van der Waals surface area contributed by atoms with Crippen molar-refractivity contribution in [3.05, 3.63) is 29.3 Å². The number of hydrogen-bond acceptors (Lipinski definition) is 4. The van der Waals surface area contributed by atoms with Crippen molar-refractivity contribution in [2.45, 2.75) is 33.0 Å². The second-order valence-corrected chi connectivity index (χ2v) is 4.71. The summed E-state index contributed by atoms with van der Waals surface area (Å²) in [6.45, 7) is 6.89. The van der Waals surface area contributed by atoms with Crippen LogP contribution in [0.1, 0.15) is 18.1 Å². The SMILES string of the molecule is CC(=O)O[C@H]1CNC[C@@H]1Oc1ccc(C)c(C)c1. The highest BCUT2D eigenvalue weighted by Gasteiger charge is 2.31. The van der Waals surface area contributed by atoms with Crippen molar-refractivity contribution in [1.82, 2.24) is 5.32 Å². The van der Waals surface area contributed by atoms with Gasteiger partial charge in [0.05, 0.1) is 0 Å². The van der Waals surface area contributed by atoms with Crippen LogP contribution in [-0.2, 0) is 9.53 Å². The van der Waals surface area contributed by atoms with Crippen LogP contribution >= 0.6 is 0 Å². The summed E-state index contributed by atoms with van der Waals surface area (Å²) in [5.74, 6) is 0.557. The molecular formula is C14H19NO3. The Morgan fingerprint density at radius 2 is 1.94 bits per heavy atom. The summed E-state index contributed by atoms with van der Waals surface area (Å²) >= 11 is 0. The molecule has 1 aliphatic rings. The third-order valence-corrected chi connectivity index (χ3v) is 3.19. The quantitative estimate of drug-likeness (QED) is 0.826. The first-order chi connectivity index (χ1) is 8.56. The minimum absolute atomic E-state index is 0.115. The summed E-state index contributed by atoms with van der Waals surface area (Å²) in [7, 11) is 0. The lowest BCUT2D eigenvalue weighted by Gasteiger charge is -2.20. The Kier molecular flexibility index (Phi) is 3.87. The van der Waals surface area contributed by atoms with Gasteiger partial charge in [-0.15, -0.1) is 0 Å². The van der Waals surface area contributed by atoms with Crippen LogP contribution in [0.5, 0.6) is 5.75 Å². The molecule has 4 nitrogen and oxygen atoms in total. The van der Waals surface area contributed by atoms with Crippen molar-refractivity contribution < 1.29 is 14.3 Å². The number of rotatable bonds is 3. The fraction of sp³-hybridized carbons (Fsp3) is 0.500. The molecule has 0 amide bonds. The number of carbonyl (C=O) groups is 1. The zero-order chi connectivity index (χ0) is 13.1. The summed E-state index contributed by atoms with van der Waals surface area (Å²) < 4.78 is 11.1. The Labute approximate surface area is 107 Å². The molecule has 2 rings (SSSR count). The highest BCUT2D eigenvalue weighted by atomic mass is 16.6. The van der Waals surface area contributed by atoms with Crippen LogP contribution in [0.25, 0.3) is 0 Å². The number of nitrogens with one attached hydrogen (secondary N) is 1. The smallest absolute Gasteiger partial charge is 0.303 e. The van der Waals surface area contributed by atoms with E-state index in [2.05, 4.69) is 19.2 Å². The Hall–Kier alpha value is -1.55. The van der Waals surface area contributed by atoms with Gasteiger partial charge in [-0.05, 0) is 37.1 Å². The lowest BCUT2D eigenvalue weighted by atomic mass is 10.1. The largest absolute Gasteiger partial charge is 0.485 e. The van der Waals surface area contributed by atoms with Gasteiger partial charge >= 0.3 is 5.97 Å². The van der Waals surface area contributed by atoms with E-state index >= 15 is 0 Å². The maximum Gasteiger partial charge on any atom is 0.303 e. The van der Waals surface area contributed by atoms with E-state index < -0.39 is 0 Å². The molecule has 4 heteroatoms. The minimum Gasteiger partial charge on any atom is -0.485 e. The van der Waals surface area contributed by atoms with Gasteiger partial charge < -0.3 is 14.8 Å². The second-order valence-electron chi connectivity index (χ2n) is 4.71. The van der Waals surface area contributed by atoms with E-state index in [1.165, 1.54) is 18.1 Å². The number of aryl methyl sites for hydroxylation is 2. The van der Waals surface area contributed by atoms with Gasteiger partial charge in [0.1, 0.15) is 11.9 Å². The van der Waals surface area contributed by atoms with Crippen LogP contribution < -0.4 is 10.1 Å². The number of ether oxygens (including phenoxy) is 2. The van der Waals surface area contributed by atoms with Crippen LogP contribution in [0.2, 0.25) is 0 Å². The van der Waals surface area contributed by atoms with Crippen LogP contribution in [0.3, 0.4) is 0 Å². The van der Waals surface area contributed by atoms with Crippen LogP contribution in [0, 0.1) is 13.8 Å². The molecule has 0 bridgehead atoms. The monoisotopic (exact) mass is 249 g/mol. The average molecular weight is 249 g/mol. The Morgan fingerprint density at radius 3 is 2.61 bits per heavy atom. The first-order valence-corrected chi connectivity index (χ1v) is 6.18. The van der Waals surface area contributed by atoms with E-state index in [9.17, 15) is 4.79 Å². The molecule has 0 aromatic heterocycles. The van der Waals surface area contributed by atoms with Gasteiger partial charge in [0.15, 0.2) is 6.10 Å². The molecule has 1 N–H and O–H groups in total. The number of carbonyl (C=O) groups excluding carboxylic acids is 1. The summed E-state index contributed by atoms with van der Waals surface area (Å²) in [5.41, 5.74) is 2.44. The van der Waals surface area contributed by atoms with Gasteiger partial charge in [0.2, 0.25) is 0 Å². The fourth-order valence-corrected chi connectivity index (χ4v) is 2.04. The third kappa shape index (κ3) is 3.01. The van der Waals surface area contributed by atoms with Crippen LogP contribution in [-0.4, -0.2) is 31.3 Å². The van der Waals surface area contributed by atoms with E-state index in [1.807, 2.05) is 18.2 Å². The molecule has 2 atom stereocenters. The minimum atomic E-state index is -0.266. The lowest BCUT2D eigenvalue weighted by molar-refractivity contribution is -0.148. The van der Waals surface area contributed by atoms with Crippen LogP contribution in [0.4, 0.5) is 0 Å². The first-order valence-electron chi connectivity index (χ1n) is 6.18. The molecule has 0 aliphatic carbocycles. The molecule has 1 aromatic rings. The van der Waals surface area contributed by atoms with Crippen molar-refractivity contribution in [3.63, 3.8) is 0 Å². The Morgan fingerprint density at radius 1 is 1.22 bits per heavy atom. The molecule has 0 spiro atoms. The molecule has 1 fully saturated rings. The van der Waals surface area contributed by atoms with Gasteiger partial charge in [-0.3, -0.25) is 4.79 Å². The highest BCUT2D eigenvalue weighted by molar-refractivity contribution is 5.66. The molecule has 1 aliphatic heterocycles. The van der Waals surface area contributed by atoms with E-state index in [-0.39, 0.29) is 18.2 Å². The van der Waals surface area contributed by atoms with E-state index in [1.54, 1.807) is 0 Å². The van der Waals surface area contributed by atoms with Crippen molar-refractivity contribution in [2.75, 3.05) is 13.1 Å². The second kappa shape index (κ2) is 5.40. The summed E-state index contributed by atoms with van der Waals surface area (Å²) in [4.78, 5) is 11.0. The highest BCUT2D eigenvalue weighted by Crippen LogP contribution is 2.20. The zero-order valence-electron chi connectivity index (χ0n) is 11.0. The molecule has 0 radical (unpaired) electrons. The number of hydrogen-bond donors (Lipinski definition) is 1. The summed E-state index contributed by atoms with van der Waals surface area (Å²) in [5, 5.41) is 3.17.